The predicted molar refractivity (Wildman–Crippen MR) is 61.1 cm³/mol. The van der Waals surface area contributed by atoms with Gasteiger partial charge in [0.05, 0.1) is 6.54 Å². The molecule has 0 aliphatic rings. The van der Waals surface area contributed by atoms with Crippen LogP contribution in [0, 0.1) is 0 Å². The van der Waals surface area contributed by atoms with E-state index in [1.807, 2.05) is 30.3 Å². The molecular formula is C11H14ClNO. The van der Waals surface area contributed by atoms with Gasteiger partial charge in [0, 0.05) is 12.1 Å². The molecule has 76 valence electrons. The molecule has 0 bridgehead atoms. The minimum atomic E-state index is 0. The van der Waals surface area contributed by atoms with Gasteiger partial charge >= 0.3 is 0 Å². The van der Waals surface area contributed by atoms with Crippen LogP contribution in [0.2, 0.25) is 0 Å². The largest absolute Gasteiger partial charge is 0.306 e. The molecule has 0 radical (unpaired) electrons. The summed E-state index contributed by atoms with van der Waals surface area (Å²) in [5.74, 6) is 0.113. The summed E-state index contributed by atoms with van der Waals surface area (Å²) in [7, 11) is 0. The number of nitrogens with one attached hydrogen (secondary N) is 1. The Morgan fingerprint density at radius 3 is 2.57 bits per heavy atom. The highest BCUT2D eigenvalue weighted by Gasteiger charge is 2.02. The summed E-state index contributed by atoms with van der Waals surface area (Å²) in [6.07, 6.45) is 1.73. The zero-order valence-corrected chi connectivity index (χ0v) is 8.72. The lowest BCUT2D eigenvalue weighted by Gasteiger charge is -2.00. The lowest BCUT2D eigenvalue weighted by Crippen LogP contribution is -2.22. The molecule has 0 amide bonds. The van der Waals surface area contributed by atoms with E-state index in [1.165, 1.54) is 0 Å². The Morgan fingerprint density at radius 2 is 2.00 bits per heavy atom. The number of carbonyl (C=O) groups is 1. The van der Waals surface area contributed by atoms with Crippen molar-refractivity contribution in [2.45, 2.75) is 0 Å². The molecule has 0 fully saturated rings. The molecule has 0 aliphatic carbocycles. The fraction of sp³-hybridized carbons (Fsp3) is 0.182. The van der Waals surface area contributed by atoms with Gasteiger partial charge < -0.3 is 5.32 Å². The first-order valence-electron chi connectivity index (χ1n) is 4.24. The molecule has 0 heterocycles. The van der Waals surface area contributed by atoms with Gasteiger partial charge in [0.15, 0.2) is 5.78 Å². The third-order valence-corrected chi connectivity index (χ3v) is 1.67. The quantitative estimate of drug-likeness (QED) is 0.459. The Labute approximate surface area is 90.4 Å². The van der Waals surface area contributed by atoms with Crippen molar-refractivity contribution in [1.29, 1.82) is 0 Å². The van der Waals surface area contributed by atoms with E-state index in [-0.39, 0.29) is 18.2 Å². The summed E-state index contributed by atoms with van der Waals surface area (Å²) in [6.45, 7) is 4.59. The van der Waals surface area contributed by atoms with Crippen LogP contribution in [-0.4, -0.2) is 18.9 Å². The van der Waals surface area contributed by atoms with Gasteiger partial charge in [-0.2, -0.15) is 0 Å². The minimum Gasteiger partial charge on any atom is -0.306 e. The SMILES string of the molecule is C=CCNCC(=O)c1ccccc1.Cl. The Bertz CT molecular complexity index is 285. The number of hydrogen-bond acceptors (Lipinski definition) is 2. The highest BCUT2D eigenvalue weighted by atomic mass is 35.5. The number of halogens is 1. The monoisotopic (exact) mass is 211 g/mol. The highest BCUT2D eigenvalue weighted by molar-refractivity contribution is 5.97. The van der Waals surface area contributed by atoms with Crippen LogP contribution < -0.4 is 5.32 Å². The summed E-state index contributed by atoms with van der Waals surface area (Å²) < 4.78 is 0. The molecule has 0 aromatic heterocycles. The Balaban J connectivity index is 0.00000169. The molecule has 1 aromatic rings. The average molecular weight is 212 g/mol. The van der Waals surface area contributed by atoms with Gasteiger partial charge in [0.1, 0.15) is 0 Å². The maximum Gasteiger partial charge on any atom is 0.176 e. The second-order valence-electron chi connectivity index (χ2n) is 2.71. The van der Waals surface area contributed by atoms with Crippen LogP contribution in [0.1, 0.15) is 10.4 Å². The molecule has 1 N–H and O–H groups in total. The van der Waals surface area contributed by atoms with E-state index in [1.54, 1.807) is 6.08 Å². The van der Waals surface area contributed by atoms with Gasteiger partial charge in [-0.15, -0.1) is 19.0 Å². The number of benzene rings is 1. The topological polar surface area (TPSA) is 29.1 Å². The van der Waals surface area contributed by atoms with E-state index < -0.39 is 0 Å². The molecule has 0 saturated heterocycles. The molecule has 0 atom stereocenters. The van der Waals surface area contributed by atoms with Crippen molar-refractivity contribution in [3.05, 3.63) is 48.6 Å². The van der Waals surface area contributed by atoms with Gasteiger partial charge in [-0.05, 0) is 0 Å². The summed E-state index contributed by atoms with van der Waals surface area (Å²) in [5.41, 5.74) is 0.749. The third-order valence-electron chi connectivity index (χ3n) is 1.67. The van der Waals surface area contributed by atoms with Crippen molar-refractivity contribution >= 4 is 18.2 Å². The second kappa shape index (κ2) is 7.30. The number of carbonyl (C=O) groups excluding carboxylic acids is 1. The van der Waals surface area contributed by atoms with Gasteiger partial charge in [-0.3, -0.25) is 4.79 Å². The average Bonchev–Trinajstić information content (AvgIpc) is 2.19. The molecule has 14 heavy (non-hydrogen) atoms. The first-order chi connectivity index (χ1) is 6.34. The van der Waals surface area contributed by atoms with E-state index >= 15 is 0 Å². The van der Waals surface area contributed by atoms with Gasteiger partial charge in [0.25, 0.3) is 0 Å². The lowest BCUT2D eigenvalue weighted by atomic mass is 10.1. The van der Waals surface area contributed by atoms with Gasteiger partial charge in [-0.25, -0.2) is 0 Å². The van der Waals surface area contributed by atoms with E-state index in [0.717, 1.165) is 5.56 Å². The maximum absolute atomic E-state index is 11.4. The van der Waals surface area contributed by atoms with Crippen LogP contribution in [0.5, 0.6) is 0 Å². The van der Waals surface area contributed by atoms with E-state index in [4.69, 9.17) is 0 Å². The number of rotatable bonds is 5. The smallest absolute Gasteiger partial charge is 0.176 e. The predicted octanol–water partition coefficient (Wildman–Crippen LogP) is 2.07. The van der Waals surface area contributed by atoms with Crippen LogP contribution in [0.4, 0.5) is 0 Å². The van der Waals surface area contributed by atoms with Crippen molar-refractivity contribution in [3.63, 3.8) is 0 Å². The molecule has 0 spiro atoms. The van der Waals surface area contributed by atoms with Crippen LogP contribution in [0.15, 0.2) is 43.0 Å². The Hall–Kier alpha value is -1.12. The summed E-state index contributed by atoms with van der Waals surface area (Å²) >= 11 is 0. The molecule has 3 heteroatoms. The standard InChI is InChI=1S/C11H13NO.ClH/c1-2-8-12-9-11(13)10-6-4-3-5-7-10;/h2-7,12H,1,8-9H2;1H. The van der Waals surface area contributed by atoms with Crippen molar-refractivity contribution in [3.8, 4) is 0 Å². The zero-order valence-electron chi connectivity index (χ0n) is 7.90. The van der Waals surface area contributed by atoms with Crippen LogP contribution in [0.3, 0.4) is 0 Å². The molecule has 1 aromatic carbocycles. The van der Waals surface area contributed by atoms with Crippen molar-refractivity contribution in [2.75, 3.05) is 13.1 Å². The normalized spacial score (nSPS) is 8.86. The number of hydrogen-bond donors (Lipinski definition) is 1. The Kier molecular flexibility index (Phi) is 6.72. The van der Waals surface area contributed by atoms with Crippen LogP contribution >= 0.6 is 12.4 Å². The Morgan fingerprint density at radius 1 is 1.36 bits per heavy atom. The van der Waals surface area contributed by atoms with E-state index in [0.29, 0.717) is 13.1 Å². The summed E-state index contributed by atoms with van der Waals surface area (Å²) in [5, 5.41) is 2.97. The van der Waals surface area contributed by atoms with E-state index in [9.17, 15) is 4.79 Å². The maximum atomic E-state index is 11.4. The van der Waals surface area contributed by atoms with Crippen molar-refractivity contribution in [1.82, 2.24) is 5.32 Å². The molecule has 2 nitrogen and oxygen atoms in total. The minimum absolute atomic E-state index is 0. The molecule has 1 rings (SSSR count). The molecular weight excluding hydrogens is 198 g/mol. The summed E-state index contributed by atoms with van der Waals surface area (Å²) in [6, 6.07) is 9.26. The fourth-order valence-electron chi connectivity index (χ4n) is 1.01. The second-order valence-corrected chi connectivity index (χ2v) is 2.71. The molecule has 0 aliphatic heterocycles. The lowest BCUT2D eigenvalue weighted by molar-refractivity contribution is 0.0992. The molecule has 0 saturated carbocycles. The van der Waals surface area contributed by atoms with Crippen molar-refractivity contribution in [2.24, 2.45) is 0 Å². The van der Waals surface area contributed by atoms with Crippen LogP contribution in [0.25, 0.3) is 0 Å². The molecule has 0 unspecified atom stereocenters. The third kappa shape index (κ3) is 4.21. The number of Topliss-reactive ketones (excluding diaryl/α,β-unsaturated/α-hetero) is 1. The van der Waals surface area contributed by atoms with Gasteiger partial charge in [-0.1, -0.05) is 36.4 Å². The first-order valence-corrected chi connectivity index (χ1v) is 4.24. The van der Waals surface area contributed by atoms with Crippen LogP contribution in [-0.2, 0) is 0 Å². The first kappa shape index (κ1) is 12.9. The van der Waals surface area contributed by atoms with Gasteiger partial charge in [0.2, 0.25) is 0 Å². The zero-order chi connectivity index (χ0) is 9.52. The fourth-order valence-corrected chi connectivity index (χ4v) is 1.01. The van der Waals surface area contributed by atoms with Crippen molar-refractivity contribution < 1.29 is 4.79 Å². The number of ketones is 1. The summed E-state index contributed by atoms with van der Waals surface area (Å²) in [4.78, 5) is 11.4. The highest BCUT2D eigenvalue weighted by Crippen LogP contribution is 1.98. The van der Waals surface area contributed by atoms with E-state index in [2.05, 4.69) is 11.9 Å².